The molecule has 0 radical (unpaired) electrons. The summed E-state index contributed by atoms with van der Waals surface area (Å²) in [4.78, 5) is 34.0. The minimum atomic E-state index is -0.961. The van der Waals surface area contributed by atoms with Crippen LogP contribution in [-0.2, 0) is 23.9 Å². The van der Waals surface area contributed by atoms with Gasteiger partial charge in [-0.2, -0.15) is 0 Å². The number of methoxy groups -OCH3 is 1. The first-order valence-electron chi connectivity index (χ1n) is 4.17. The Morgan fingerprint density at radius 2 is 2.07 bits per heavy atom. The molecule has 1 atom stereocenters. The average molecular weight is 201 g/mol. The van der Waals surface area contributed by atoms with E-state index in [0.29, 0.717) is 0 Å². The van der Waals surface area contributed by atoms with Crippen LogP contribution in [0.3, 0.4) is 0 Å². The molecule has 0 aromatic heterocycles. The molecule has 0 aromatic carbocycles. The summed E-state index contributed by atoms with van der Waals surface area (Å²) in [6, 6.07) is -0.610. The Hall–Kier alpha value is -1.59. The summed E-state index contributed by atoms with van der Waals surface area (Å²) >= 11 is 0. The fourth-order valence-corrected chi connectivity index (χ4v) is 1.01. The van der Waals surface area contributed by atoms with Crippen LogP contribution in [-0.4, -0.2) is 49.0 Å². The first-order chi connectivity index (χ1) is 6.61. The second-order valence-corrected chi connectivity index (χ2v) is 2.72. The third-order valence-electron chi connectivity index (χ3n) is 1.79. The molecule has 1 saturated heterocycles. The third kappa shape index (κ3) is 2.01. The molecule has 1 amide bonds. The highest BCUT2D eigenvalue weighted by molar-refractivity contribution is 6.33. The summed E-state index contributed by atoms with van der Waals surface area (Å²) in [6.45, 7) is 2.16. The van der Waals surface area contributed by atoms with Crippen LogP contribution in [0.4, 0.5) is 0 Å². The van der Waals surface area contributed by atoms with Crippen LogP contribution in [0.15, 0.2) is 0 Å². The molecule has 1 heterocycles. The maximum atomic E-state index is 11.1. The molecule has 1 aliphatic rings. The molecule has 0 saturated carbocycles. The van der Waals surface area contributed by atoms with Crippen molar-refractivity contribution >= 4 is 17.8 Å². The molecule has 14 heavy (non-hydrogen) atoms. The quantitative estimate of drug-likeness (QED) is 0.323. The van der Waals surface area contributed by atoms with Gasteiger partial charge in [0.15, 0.2) is 0 Å². The molecule has 0 spiro atoms. The number of ether oxygens (including phenoxy) is 2. The van der Waals surface area contributed by atoms with Gasteiger partial charge < -0.3 is 14.4 Å². The summed E-state index contributed by atoms with van der Waals surface area (Å²) in [5.41, 5.74) is 0. The van der Waals surface area contributed by atoms with Crippen LogP contribution >= 0.6 is 0 Å². The predicted molar refractivity (Wildman–Crippen MR) is 44.2 cm³/mol. The molecule has 0 N–H and O–H groups in total. The van der Waals surface area contributed by atoms with Gasteiger partial charge in [0.25, 0.3) is 0 Å². The largest absolute Gasteiger partial charge is 0.464 e. The normalized spacial score (nSPS) is 18.7. The molecule has 6 heteroatoms. The second-order valence-electron chi connectivity index (χ2n) is 2.72. The van der Waals surface area contributed by atoms with Crippen LogP contribution in [0.5, 0.6) is 0 Å². The molecule has 6 nitrogen and oxygen atoms in total. The Kier molecular flexibility index (Phi) is 3.06. The molecular formula is C8H11NO5. The van der Waals surface area contributed by atoms with Gasteiger partial charge in [-0.1, -0.05) is 0 Å². The Balaban J connectivity index is 2.42. The van der Waals surface area contributed by atoms with Gasteiger partial charge in [-0.15, -0.1) is 0 Å². The average Bonchev–Trinajstić information content (AvgIpc) is 2.95. The molecule has 78 valence electrons. The van der Waals surface area contributed by atoms with Crippen molar-refractivity contribution in [3.63, 3.8) is 0 Å². The van der Waals surface area contributed by atoms with Crippen molar-refractivity contribution in [1.82, 2.24) is 4.90 Å². The maximum absolute atomic E-state index is 11.1. The lowest BCUT2D eigenvalue weighted by molar-refractivity contribution is -0.156. The molecular weight excluding hydrogens is 190 g/mol. The number of hydrogen-bond acceptors (Lipinski definition) is 5. The first kappa shape index (κ1) is 10.5. The number of rotatable bonds is 2. The molecule has 0 unspecified atom stereocenters. The third-order valence-corrected chi connectivity index (χ3v) is 1.79. The van der Waals surface area contributed by atoms with Crippen molar-refractivity contribution in [2.45, 2.75) is 13.0 Å². The highest BCUT2D eigenvalue weighted by Gasteiger charge is 2.47. The SMILES string of the molecule is CCOC(=O)[C@H]1CN1C(=O)C(=O)OC. The lowest BCUT2D eigenvalue weighted by atomic mass is 10.5. The van der Waals surface area contributed by atoms with Crippen LogP contribution in [0.25, 0.3) is 0 Å². The lowest BCUT2D eigenvalue weighted by Gasteiger charge is -2.01. The van der Waals surface area contributed by atoms with Gasteiger partial charge in [0.1, 0.15) is 6.04 Å². The summed E-state index contributed by atoms with van der Waals surface area (Å²) < 4.78 is 8.89. The minimum Gasteiger partial charge on any atom is -0.464 e. The summed E-state index contributed by atoms with van der Waals surface area (Å²) in [5, 5.41) is 0. The van der Waals surface area contributed by atoms with E-state index < -0.39 is 23.9 Å². The van der Waals surface area contributed by atoms with Gasteiger partial charge in [-0.25, -0.2) is 9.59 Å². The fraction of sp³-hybridized carbons (Fsp3) is 0.625. The molecule has 1 fully saturated rings. The number of carbonyl (C=O) groups excluding carboxylic acids is 3. The highest BCUT2D eigenvalue weighted by atomic mass is 16.5. The van der Waals surface area contributed by atoms with Gasteiger partial charge >= 0.3 is 17.8 Å². The minimum absolute atomic E-state index is 0.229. The zero-order chi connectivity index (χ0) is 10.7. The van der Waals surface area contributed by atoms with Crippen molar-refractivity contribution < 1.29 is 23.9 Å². The van der Waals surface area contributed by atoms with Gasteiger partial charge in [-0.3, -0.25) is 4.79 Å². The van der Waals surface area contributed by atoms with E-state index >= 15 is 0 Å². The summed E-state index contributed by atoms with van der Waals surface area (Å²) in [6.07, 6.45) is 0. The summed E-state index contributed by atoms with van der Waals surface area (Å²) in [7, 11) is 1.11. The molecule has 1 rings (SSSR count). The number of carbonyl (C=O) groups is 3. The van der Waals surface area contributed by atoms with Gasteiger partial charge in [-0.05, 0) is 6.92 Å². The van der Waals surface area contributed by atoms with Crippen molar-refractivity contribution in [3.05, 3.63) is 0 Å². The zero-order valence-corrected chi connectivity index (χ0v) is 7.98. The van der Waals surface area contributed by atoms with Crippen LogP contribution in [0, 0.1) is 0 Å². The van der Waals surface area contributed by atoms with Gasteiger partial charge in [0.05, 0.1) is 20.3 Å². The topological polar surface area (TPSA) is 72.7 Å². The summed E-state index contributed by atoms with van der Waals surface area (Å²) in [5.74, 6) is -2.24. The first-order valence-corrected chi connectivity index (χ1v) is 4.17. The van der Waals surface area contributed by atoms with Gasteiger partial charge in [0.2, 0.25) is 0 Å². The van der Waals surface area contributed by atoms with Crippen LogP contribution in [0.2, 0.25) is 0 Å². The van der Waals surface area contributed by atoms with E-state index in [1.807, 2.05) is 0 Å². The number of amides is 1. The predicted octanol–water partition coefficient (Wildman–Crippen LogP) is -1.07. The Labute approximate surface area is 80.8 Å². The second kappa shape index (κ2) is 4.08. The molecule has 0 aromatic rings. The van der Waals surface area contributed by atoms with E-state index in [2.05, 4.69) is 9.47 Å². The smallest absolute Gasteiger partial charge is 0.396 e. The van der Waals surface area contributed by atoms with Crippen molar-refractivity contribution in [2.75, 3.05) is 20.3 Å². The van der Waals surface area contributed by atoms with E-state index in [1.165, 1.54) is 0 Å². The Morgan fingerprint density at radius 3 is 2.57 bits per heavy atom. The van der Waals surface area contributed by atoms with Crippen molar-refractivity contribution in [1.29, 1.82) is 0 Å². The highest BCUT2D eigenvalue weighted by Crippen LogP contribution is 2.19. The standard InChI is InChI=1S/C8H11NO5/c1-3-14-7(11)5-4-9(5)6(10)8(12)13-2/h5H,3-4H2,1-2H3/t5-,9?/m1/s1. The van der Waals surface area contributed by atoms with Crippen LogP contribution in [0.1, 0.15) is 6.92 Å². The van der Waals surface area contributed by atoms with E-state index in [-0.39, 0.29) is 13.2 Å². The molecule has 0 bridgehead atoms. The fourth-order valence-electron chi connectivity index (χ4n) is 1.01. The van der Waals surface area contributed by atoms with E-state index in [9.17, 15) is 14.4 Å². The Bertz CT molecular complexity index is 275. The monoisotopic (exact) mass is 201 g/mol. The molecule has 0 aliphatic carbocycles. The van der Waals surface area contributed by atoms with Crippen molar-refractivity contribution in [3.8, 4) is 0 Å². The van der Waals surface area contributed by atoms with Crippen molar-refractivity contribution in [2.24, 2.45) is 0 Å². The van der Waals surface area contributed by atoms with Gasteiger partial charge in [0, 0.05) is 0 Å². The van der Waals surface area contributed by atoms with Crippen LogP contribution < -0.4 is 0 Å². The number of hydrogen-bond donors (Lipinski definition) is 0. The Morgan fingerprint density at radius 1 is 1.43 bits per heavy atom. The molecule has 1 aliphatic heterocycles. The zero-order valence-electron chi connectivity index (χ0n) is 7.98. The number of nitrogens with zero attached hydrogens (tertiary/aromatic N) is 1. The lowest BCUT2D eigenvalue weighted by Crippen LogP contribution is -2.27. The van der Waals surface area contributed by atoms with E-state index in [0.717, 1.165) is 12.0 Å². The number of esters is 2. The maximum Gasteiger partial charge on any atom is 0.396 e. The van der Waals surface area contributed by atoms with E-state index in [1.54, 1.807) is 6.92 Å². The van der Waals surface area contributed by atoms with E-state index in [4.69, 9.17) is 0 Å².